The predicted molar refractivity (Wildman–Crippen MR) is 79.1 cm³/mol. The van der Waals surface area contributed by atoms with Gasteiger partial charge in [0.15, 0.2) is 0 Å². The van der Waals surface area contributed by atoms with E-state index in [-0.39, 0.29) is 11.9 Å². The summed E-state index contributed by atoms with van der Waals surface area (Å²) in [7, 11) is 5.71. The number of hydrogen-bond donors (Lipinski definition) is 1. The molecule has 2 heterocycles. The van der Waals surface area contributed by atoms with Crippen molar-refractivity contribution < 1.29 is 4.92 Å². The smallest absolute Gasteiger partial charge is 0.362 e. The van der Waals surface area contributed by atoms with Crippen LogP contribution in [0.2, 0.25) is 0 Å². The van der Waals surface area contributed by atoms with Crippen LogP contribution >= 0.6 is 11.3 Å². The molecule has 0 fully saturated rings. The minimum Gasteiger partial charge on any atom is -0.362 e. The second kappa shape index (κ2) is 6.02. The zero-order chi connectivity index (χ0) is 14.7. The number of aromatic nitrogens is 2. The number of aryl methyl sites for hydroxylation is 1. The average Bonchev–Trinajstić information content (AvgIpc) is 3.00. The molecule has 0 saturated carbocycles. The summed E-state index contributed by atoms with van der Waals surface area (Å²) < 4.78 is 1.62. The molecule has 2 aromatic rings. The Morgan fingerprint density at radius 2 is 2.35 bits per heavy atom. The van der Waals surface area contributed by atoms with Crippen molar-refractivity contribution in [1.82, 2.24) is 14.5 Å². The molecule has 8 heteroatoms. The van der Waals surface area contributed by atoms with Crippen LogP contribution in [0, 0.1) is 10.1 Å². The Bertz CT molecular complexity index is 579. The Morgan fingerprint density at radius 3 is 2.90 bits per heavy atom. The van der Waals surface area contributed by atoms with Crippen LogP contribution in [0.3, 0.4) is 0 Å². The summed E-state index contributed by atoms with van der Waals surface area (Å²) in [5.41, 5.74) is 1.19. The maximum absolute atomic E-state index is 10.9. The molecule has 2 aromatic heterocycles. The first-order chi connectivity index (χ1) is 9.50. The van der Waals surface area contributed by atoms with Crippen LogP contribution < -0.4 is 5.32 Å². The van der Waals surface area contributed by atoms with E-state index in [4.69, 9.17) is 0 Å². The second-order valence-corrected chi connectivity index (χ2v) is 5.48. The summed E-state index contributed by atoms with van der Waals surface area (Å²) in [4.78, 5) is 16.3. The number of nitrogens with one attached hydrogen (secondary N) is 1. The van der Waals surface area contributed by atoms with Crippen LogP contribution in [0.5, 0.6) is 0 Å². The molecule has 0 aliphatic carbocycles. The summed E-state index contributed by atoms with van der Waals surface area (Å²) in [5.74, 6) is 0.285. The van der Waals surface area contributed by atoms with Gasteiger partial charge in [0.25, 0.3) is 0 Å². The summed E-state index contributed by atoms with van der Waals surface area (Å²) in [6, 6.07) is 2.21. The Morgan fingerprint density at radius 1 is 1.60 bits per heavy atom. The maximum Gasteiger partial charge on any atom is 0.406 e. The van der Waals surface area contributed by atoms with Crippen molar-refractivity contribution in [2.45, 2.75) is 6.04 Å². The maximum atomic E-state index is 10.9. The highest BCUT2D eigenvalue weighted by Crippen LogP contribution is 2.25. The predicted octanol–water partition coefficient (Wildman–Crippen LogP) is 2.10. The quantitative estimate of drug-likeness (QED) is 0.652. The summed E-state index contributed by atoms with van der Waals surface area (Å²) >= 11 is 1.64. The zero-order valence-corrected chi connectivity index (χ0v) is 12.4. The fourth-order valence-corrected chi connectivity index (χ4v) is 2.72. The number of anilines is 1. The van der Waals surface area contributed by atoms with Gasteiger partial charge in [0.05, 0.1) is 6.04 Å². The van der Waals surface area contributed by atoms with Gasteiger partial charge in [0, 0.05) is 13.6 Å². The van der Waals surface area contributed by atoms with Gasteiger partial charge in [0.2, 0.25) is 12.1 Å². The van der Waals surface area contributed by atoms with Crippen molar-refractivity contribution in [3.8, 4) is 0 Å². The molecule has 7 nitrogen and oxygen atoms in total. The molecule has 0 aliphatic rings. The van der Waals surface area contributed by atoms with Crippen LogP contribution in [-0.2, 0) is 7.05 Å². The Hall–Kier alpha value is -1.93. The first-order valence-corrected chi connectivity index (χ1v) is 7.03. The van der Waals surface area contributed by atoms with Gasteiger partial charge in [-0.15, -0.1) is 0 Å². The van der Waals surface area contributed by atoms with E-state index in [1.807, 2.05) is 19.5 Å². The van der Waals surface area contributed by atoms with Crippen molar-refractivity contribution in [3.63, 3.8) is 0 Å². The van der Waals surface area contributed by atoms with E-state index in [0.29, 0.717) is 12.4 Å². The van der Waals surface area contributed by atoms with Crippen LogP contribution in [0.15, 0.2) is 23.2 Å². The van der Waals surface area contributed by atoms with Crippen molar-refractivity contribution in [2.24, 2.45) is 7.05 Å². The fraction of sp³-hybridized carbons (Fsp3) is 0.417. The monoisotopic (exact) mass is 295 g/mol. The lowest BCUT2D eigenvalue weighted by Gasteiger charge is -2.24. The molecule has 108 valence electrons. The third-order valence-corrected chi connectivity index (χ3v) is 3.81. The van der Waals surface area contributed by atoms with Crippen molar-refractivity contribution >= 4 is 23.0 Å². The standard InChI is InChI=1S/C12H17N5O2S/c1-15(2)10(9-4-5-20-7-9)6-13-11-12(17(18)19)14-8-16(11)3/h4-5,7-8,10,13H,6H2,1-3H3/t10-/m1/s1. The lowest BCUT2D eigenvalue weighted by Crippen LogP contribution is -2.27. The first-order valence-electron chi connectivity index (χ1n) is 6.08. The highest BCUT2D eigenvalue weighted by atomic mass is 32.1. The number of thiophene rings is 1. The molecule has 0 radical (unpaired) electrons. The molecular formula is C12H17N5O2S. The highest BCUT2D eigenvalue weighted by Gasteiger charge is 2.22. The fourth-order valence-electron chi connectivity index (χ4n) is 2.01. The molecule has 1 atom stereocenters. The van der Waals surface area contributed by atoms with Gasteiger partial charge in [-0.1, -0.05) is 0 Å². The number of nitrogens with zero attached hydrogens (tertiary/aromatic N) is 4. The number of nitro groups is 1. The first kappa shape index (κ1) is 14.5. The van der Waals surface area contributed by atoms with Gasteiger partial charge in [-0.25, -0.2) is 0 Å². The van der Waals surface area contributed by atoms with E-state index >= 15 is 0 Å². The molecule has 20 heavy (non-hydrogen) atoms. The summed E-state index contributed by atoms with van der Waals surface area (Å²) in [5, 5.41) is 18.2. The minimum absolute atomic E-state index is 0.143. The summed E-state index contributed by atoms with van der Waals surface area (Å²) in [6.07, 6.45) is 1.44. The lowest BCUT2D eigenvalue weighted by atomic mass is 10.1. The van der Waals surface area contributed by atoms with E-state index in [0.717, 1.165) is 0 Å². The molecule has 1 N–H and O–H groups in total. The lowest BCUT2D eigenvalue weighted by molar-refractivity contribution is -0.388. The molecule has 0 aliphatic heterocycles. The average molecular weight is 295 g/mol. The van der Waals surface area contributed by atoms with Crippen molar-refractivity contribution in [2.75, 3.05) is 26.0 Å². The van der Waals surface area contributed by atoms with Gasteiger partial charge in [-0.2, -0.15) is 11.3 Å². The van der Waals surface area contributed by atoms with E-state index in [9.17, 15) is 10.1 Å². The van der Waals surface area contributed by atoms with Crippen LogP contribution in [0.25, 0.3) is 0 Å². The van der Waals surface area contributed by atoms with Gasteiger partial charge in [-0.3, -0.25) is 4.57 Å². The van der Waals surface area contributed by atoms with Crippen LogP contribution in [-0.4, -0.2) is 40.0 Å². The van der Waals surface area contributed by atoms with E-state index in [2.05, 4.69) is 26.6 Å². The molecule has 0 saturated heterocycles. The molecule has 2 rings (SSSR count). The number of likely N-dealkylation sites (N-methyl/N-ethyl adjacent to an activating group) is 1. The van der Waals surface area contributed by atoms with E-state index < -0.39 is 4.92 Å². The van der Waals surface area contributed by atoms with Gasteiger partial charge in [-0.05, 0) is 46.4 Å². The van der Waals surface area contributed by atoms with Crippen molar-refractivity contribution in [3.05, 3.63) is 38.8 Å². The number of hydrogen-bond acceptors (Lipinski definition) is 6. The van der Waals surface area contributed by atoms with E-state index in [1.54, 1.807) is 23.0 Å². The molecule has 0 spiro atoms. The highest BCUT2D eigenvalue weighted by molar-refractivity contribution is 7.07. The molecular weight excluding hydrogens is 278 g/mol. The Kier molecular flexibility index (Phi) is 4.35. The minimum atomic E-state index is -0.475. The number of rotatable bonds is 6. The topological polar surface area (TPSA) is 76.2 Å². The van der Waals surface area contributed by atoms with Gasteiger partial charge < -0.3 is 20.3 Å². The Labute approximate surface area is 121 Å². The Balaban J connectivity index is 2.14. The second-order valence-electron chi connectivity index (χ2n) is 4.70. The SMILES string of the molecule is CN(C)[C@H](CNc1c([N+](=O)[O-])ncn1C)c1ccsc1. The van der Waals surface area contributed by atoms with Crippen molar-refractivity contribution in [1.29, 1.82) is 0 Å². The zero-order valence-electron chi connectivity index (χ0n) is 11.6. The molecule has 0 unspecified atom stereocenters. The van der Waals surface area contributed by atoms with Gasteiger partial charge in [0.1, 0.15) is 0 Å². The van der Waals surface area contributed by atoms with E-state index in [1.165, 1.54) is 11.9 Å². The van der Waals surface area contributed by atoms with Crippen LogP contribution in [0.4, 0.5) is 11.6 Å². The molecule has 0 bridgehead atoms. The van der Waals surface area contributed by atoms with Gasteiger partial charge >= 0.3 is 5.82 Å². The molecule has 0 amide bonds. The third kappa shape index (κ3) is 2.97. The van der Waals surface area contributed by atoms with Crippen LogP contribution in [0.1, 0.15) is 11.6 Å². The largest absolute Gasteiger partial charge is 0.406 e. The number of imidazole rings is 1. The summed E-state index contributed by atoms with van der Waals surface area (Å²) in [6.45, 7) is 0.574. The normalized spacial score (nSPS) is 12.6. The third-order valence-electron chi connectivity index (χ3n) is 3.10. The molecule has 0 aromatic carbocycles.